The summed E-state index contributed by atoms with van der Waals surface area (Å²) < 4.78 is 18.6. The topological polar surface area (TPSA) is 65.8 Å². The summed E-state index contributed by atoms with van der Waals surface area (Å²) in [6.07, 6.45) is 0.955. The standard InChI is InChI=1S/C31H32ClN3O4/c1-3-15-35-26(29(32)33-30(35)24-7-5-4-6-8-24)21-34(19-22-9-12-25(13-10-22)31(36)37-2)20-23-11-14-27-28(18-23)39-17-16-38-27/h4-14,18H,3,15-17,19-21H2,1-2H3. The van der Waals surface area contributed by atoms with Gasteiger partial charge in [0.05, 0.1) is 18.4 Å². The lowest BCUT2D eigenvalue weighted by Gasteiger charge is -2.25. The number of imidazole rings is 1. The molecule has 1 aliphatic heterocycles. The Morgan fingerprint density at radius 3 is 2.36 bits per heavy atom. The first-order chi connectivity index (χ1) is 19.1. The fourth-order valence-electron chi connectivity index (χ4n) is 4.83. The van der Waals surface area contributed by atoms with Crippen molar-refractivity contribution in [3.8, 4) is 22.9 Å². The molecule has 0 saturated heterocycles. The molecule has 0 fully saturated rings. The minimum Gasteiger partial charge on any atom is -0.486 e. The van der Waals surface area contributed by atoms with Crippen LogP contribution in [0.3, 0.4) is 0 Å². The molecular formula is C31H32ClN3O4. The highest BCUT2D eigenvalue weighted by atomic mass is 35.5. The summed E-state index contributed by atoms with van der Waals surface area (Å²) in [6.45, 7) is 5.96. The summed E-state index contributed by atoms with van der Waals surface area (Å²) in [5.41, 5.74) is 4.71. The molecule has 0 amide bonds. The van der Waals surface area contributed by atoms with Gasteiger partial charge in [-0.1, -0.05) is 67.1 Å². The van der Waals surface area contributed by atoms with E-state index in [0.29, 0.717) is 43.6 Å². The highest BCUT2D eigenvalue weighted by Gasteiger charge is 2.21. The molecule has 8 heteroatoms. The Hall–Kier alpha value is -3.81. The highest BCUT2D eigenvalue weighted by molar-refractivity contribution is 6.30. The van der Waals surface area contributed by atoms with Crippen molar-refractivity contribution in [3.05, 3.63) is 100 Å². The molecule has 0 radical (unpaired) electrons. The minimum atomic E-state index is -0.349. The predicted octanol–water partition coefficient (Wildman–Crippen LogP) is 6.37. The smallest absolute Gasteiger partial charge is 0.337 e. The quantitative estimate of drug-likeness (QED) is 0.216. The van der Waals surface area contributed by atoms with Crippen molar-refractivity contribution < 1.29 is 19.0 Å². The molecule has 5 rings (SSSR count). The van der Waals surface area contributed by atoms with Crippen molar-refractivity contribution in [3.63, 3.8) is 0 Å². The number of benzene rings is 3. The maximum absolute atomic E-state index is 11.9. The molecule has 0 spiro atoms. The SMILES string of the molecule is CCCn1c(-c2ccccc2)nc(Cl)c1CN(Cc1ccc(C(=O)OC)cc1)Cc1ccc2c(c1)OCCO2. The summed E-state index contributed by atoms with van der Waals surface area (Å²) in [5.74, 6) is 2.06. The molecule has 39 heavy (non-hydrogen) atoms. The first-order valence-electron chi connectivity index (χ1n) is 13.1. The molecule has 1 aliphatic rings. The summed E-state index contributed by atoms with van der Waals surface area (Å²) in [4.78, 5) is 19.0. The van der Waals surface area contributed by atoms with Crippen LogP contribution in [-0.4, -0.2) is 40.7 Å². The van der Waals surface area contributed by atoms with Gasteiger partial charge in [-0.25, -0.2) is 9.78 Å². The van der Waals surface area contributed by atoms with Gasteiger partial charge in [0, 0.05) is 31.7 Å². The predicted molar refractivity (Wildman–Crippen MR) is 151 cm³/mol. The van der Waals surface area contributed by atoms with Crippen LogP contribution >= 0.6 is 11.6 Å². The van der Waals surface area contributed by atoms with E-state index in [9.17, 15) is 4.79 Å². The summed E-state index contributed by atoms with van der Waals surface area (Å²) in [7, 11) is 1.39. The third kappa shape index (κ3) is 6.27. The molecule has 0 bridgehead atoms. The Morgan fingerprint density at radius 2 is 1.64 bits per heavy atom. The minimum absolute atomic E-state index is 0.349. The number of esters is 1. The van der Waals surface area contributed by atoms with Gasteiger partial charge in [-0.2, -0.15) is 0 Å². The lowest BCUT2D eigenvalue weighted by molar-refractivity contribution is 0.0600. The maximum Gasteiger partial charge on any atom is 0.337 e. The van der Waals surface area contributed by atoms with E-state index < -0.39 is 0 Å². The normalized spacial score (nSPS) is 12.5. The van der Waals surface area contributed by atoms with Crippen LogP contribution in [0.15, 0.2) is 72.8 Å². The van der Waals surface area contributed by atoms with E-state index in [1.807, 2.05) is 42.5 Å². The zero-order chi connectivity index (χ0) is 27.2. The van der Waals surface area contributed by atoms with Gasteiger partial charge in [0.1, 0.15) is 19.0 Å². The largest absolute Gasteiger partial charge is 0.486 e. The lowest BCUT2D eigenvalue weighted by atomic mass is 10.1. The highest BCUT2D eigenvalue weighted by Crippen LogP contribution is 2.32. The number of rotatable bonds is 10. The van der Waals surface area contributed by atoms with Gasteiger partial charge >= 0.3 is 5.97 Å². The van der Waals surface area contributed by atoms with Crippen LogP contribution in [0.2, 0.25) is 5.15 Å². The first-order valence-corrected chi connectivity index (χ1v) is 13.5. The van der Waals surface area contributed by atoms with Gasteiger partial charge in [0.2, 0.25) is 0 Å². The van der Waals surface area contributed by atoms with E-state index >= 15 is 0 Å². The van der Waals surface area contributed by atoms with E-state index in [0.717, 1.165) is 52.7 Å². The number of methoxy groups -OCH3 is 1. The second kappa shape index (κ2) is 12.4. The second-order valence-electron chi connectivity index (χ2n) is 9.50. The number of hydrogen-bond donors (Lipinski definition) is 0. The van der Waals surface area contributed by atoms with E-state index in [-0.39, 0.29) is 5.97 Å². The third-order valence-electron chi connectivity index (χ3n) is 6.67. The van der Waals surface area contributed by atoms with Crippen LogP contribution in [0.1, 0.15) is 40.5 Å². The monoisotopic (exact) mass is 545 g/mol. The number of hydrogen-bond acceptors (Lipinski definition) is 6. The molecule has 0 atom stereocenters. The zero-order valence-corrected chi connectivity index (χ0v) is 23.0. The van der Waals surface area contributed by atoms with Crippen molar-refractivity contribution in [2.75, 3.05) is 20.3 Å². The number of nitrogens with zero attached hydrogens (tertiary/aromatic N) is 3. The van der Waals surface area contributed by atoms with Crippen molar-refractivity contribution in [1.29, 1.82) is 0 Å². The fraction of sp³-hybridized carbons (Fsp3) is 0.290. The van der Waals surface area contributed by atoms with Gasteiger partial charge in [0.25, 0.3) is 0 Å². The Morgan fingerprint density at radius 1 is 0.949 bits per heavy atom. The average molecular weight is 546 g/mol. The van der Waals surface area contributed by atoms with Crippen LogP contribution in [0, 0.1) is 0 Å². The number of halogens is 1. The van der Waals surface area contributed by atoms with Crippen molar-refractivity contribution >= 4 is 17.6 Å². The molecular weight excluding hydrogens is 514 g/mol. The van der Waals surface area contributed by atoms with E-state index in [2.05, 4.69) is 34.6 Å². The Balaban J connectivity index is 1.47. The van der Waals surface area contributed by atoms with Gasteiger partial charge < -0.3 is 18.8 Å². The molecule has 202 valence electrons. The molecule has 7 nitrogen and oxygen atoms in total. The van der Waals surface area contributed by atoms with Gasteiger partial charge in [0.15, 0.2) is 16.7 Å². The molecule has 2 heterocycles. The van der Waals surface area contributed by atoms with Crippen LogP contribution in [-0.2, 0) is 30.9 Å². The average Bonchev–Trinajstić information content (AvgIpc) is 3.28. The zero-order valence-electron chi connectivity index (χ0n) is 22.2. The van der Waals surface area contributed by atoms with Crippen molar-refractivity contribution in [2.45, 2.75) is 39.5 Å². The van der Waals surface area contributed by atoms with Crippen molar-refractivity contribution in [2.24, 2.45) is 0 Å². The van der Waals surface area contributed by atoms with Crippen molar-refractivity contribution in [1.82, 2.24) is 14.5 Å². The van der Waals surface area contributed by atoms with E-state index in [4.69, 9.17) is 30.8 Å². The Bertz CT molecular complexity index is 1420. The number of carbonyl (C=O) groups excluding carboxylic acids is 1. The molecule has 0 N–H and O–H groups in total. The van der Waals surface area contributed by atoms with E-state index in [1.165, 1.54) is 7.11 Å². The molecule has 0 saturated carbocycles. The molecule has 0 aliphatic carbocycles. The molecule has 3 aromatic carbocycles. The van der Waals surface area contributed by atoms with Crippen LogP contribution in [0.5, 0.6) is 11.5 Å². The number of aromatic nitrogens is 2. The second-order valence-corrected chi connectivity index (χ2v) is 9.86. The maximum atomic E-state index is 11.9. The fourth-order valence-corrected chi connectivity index (χ4v) is 5.07. The Kier molecular flexibility index (Phi) is 8.49. The van der Waals surface area contributed by atoms with Gasteiger partial charge in [-0.05, 0) is 41.8 Å². The summed E-state index contributed by atoms with van der Waals surface area (Å²) in [6, 6.07) is 23.7. The van der Waals surface area contributed by atoms with Crippen LogP contribution in [0.4, 0.5) is 0 Å². The summed E-state index contributed by atoms with van der Waals surface area (Å²) >= 11 is 6.81. The number of carbonyl (C=O) groups is 1. The Labute approximate surface area is 233 Å². The summed E-state index contributed by atoms with van der Waals surface area (Å²) in [5, 5.41) is 0.510. The number of fused-ring (bicyclic) bond motifs is 1. The van der Waals surface area contributed by atoms with Crippen LogP contribution in [0.25, 0.3) is 11.4 Å². The van der Waals surface area contributed by atoms with Crippen LogP contribution < -0.4 is 9.47 Å². The van der Waals surface area contributed by atoms with Gasteiger partial charge in [-0.15, -0.1) is 0 Å². The molecule has 0 unspecified atom stereocenters. The first kappa shape index (κ1) is 26.8. The van der Waals surface area contributed by atoms with E-state index in [1.54, 1.807) is 12.1 Å². The lowest BCUT2D eigenvalue weighted by Crippen LogP contribution is -2.24. The molecule has 4 aromatic rings. The van der Waals surface area contributed by atoms with Gasteiger partial charge in [-0.3, -0.25) is 4.90 Å². The third-order valence-corrected chi connectivity index (χ3v) is 6.97. The number of ether oxygens (including phenoxy) is 3. The molecule has 1 aromatic heterocycles.